The van der Waals surface area contributed by atoms with E-state index in [9.17, 15) is 19.7 Å². The van der Waals surface area contributed by atoms with Gasteiger partial charge in [-0.25, -0.2) is 4.79 Å². The smallest absolute Gasteiger partial charge is 0.338 e. The minimum Gasteiger partial charge on any atom is -0.452 e. The van der Waals surface area contributed by atoms with Crippen molar-refractivity contribution in [3.8, 4) is 5.69 Å². The predicted octanol–water partition coefficient (Wildman–Crippen LogP) is 3.83. The van der Waals surface area contributed by atoms with E-state index in [1.165, 1.54) is 12.1 Å². The van der Waals surface area contributed by atoms with Crippen LogP contribution in [0.4, 0.5) is 11.4 Å². The van der Waals surface area contributed by atoms with Crippen molar-refractivity contribution in [2.75, 3.05) is 11.9 Å². The number of esters is 1. The van der Waals surface area contributed by atoms with E-state index in [0.29, 0.717) is 0 Å². The molecule has 0 unspecified atom stereocenters. The predicted molar refractivity (Wildman–Crippen MR) is 103 cm³/mol. The van der Waals surface area contributed by atoms with E-state index in [4.69, 9.17) is 16.3 Å². The van der Waals surface area contributed by atoms with E-state index < -0.39 is 23.4 Å². The third kappa shape index (κ3) is 4.54. The number of carbonyl (C=O) groups excluding carboxylic acids is 2. The van der Waals surface area contributed by atoms with E-state index in [0.717, 1.165) is 11.8 Å². The van der Waals surface area contributed by atoms with Gasteiger partial charge in [-0.05, 0) is 42.5 Å². The third-order valence-corrected chi connectivity index (χ3v) is 4.10. The van der Waals surface area contributed by atoms with Crippen LogP contribution in [0.15, 0.2) is 67.0 Å². The molecule has 0 aliphatic carbocycles. The second-order valence-corrected chi connectivity index (χ2v) is 6.09. The fourth-order valence-electron chi connectivity index (χ4n) is 2.40. The Morgan fingerprint density at radius 3 is 2.43 bits per heavy atom. The molecule has 2 aromatic carbocycles. The van der Waals surface area contributed by atoms with Crippen LogP contribution in [0, 0.1) is 10.1 Å². The van der Waals surface area contributed by atoms with Crippen LogP contribution in [-0.2, 0) is 9.53 Å². The van der Waals surface area contributed by atoms with Crippen molar-refractivity contribution in [3.63, 3.8) is 0 Å². The lowest BCUT2D eigenvalue weighted by Gasteiger charge is -2.08. The Morgan fingerprint density at radius 1 is 1.11 bits per heavy atom. The molecule has 0 radical (unpaired) electrons. The quantitative estimate of drug-likeness (QED) is 0.385. The zero-order valence-corrected chi connectivity index (χ0v) is 15.1. The number of ether oxygens (including phenoxy) is 1. The van der Waals surface area contributed by atoms with Gasteiger partial charge < -0.3 is 14.6 Å². The molecule has 0 saturated heterocycles. The van der Waals surface area contributed by atoms with Crippen molar-refractivity contribution in [2.45, 2.75) is 0 Å². The van der Waals surface area contributed by atoms with E-state index in [1.54, 1.807) is 24.3 Å². The molecule has 9 heteroatoms. The Bertz CT molecular complexity index is 1020. The number of benzene rings is 2. The molecule has 1 heterocycles. The van der Waals surface area contributed by atoms with E-state index in [2.05, 4.69) is 5.32 Å². The van der Waals surface area contributed by atoms with Crippen LogP contribution in [0.1, 0.15) is 10.4 Å². The zero-order valence-electron chi connectivity index (χ0n) is 14.4. The maximum Gasteiger partial charge on any atom is 0.338 e. The second-order valence-electron chi connectivity index (χ2n) is 5.68. The molecule has 3 rings (SSSR count). The maximum absolute atomic E-state index is 12.1. The van der Waals surface area contributed by atoms with Gasteiger partial charge in [-0.2, -0.15) is 0 Å². The summed E-state index contributed by atoms with van der Waals surface area (Å²) >= 11 is 5.91. The third-order valence-electron chi connectivity index (χ3n) is 3.77. The Kier molecular flexibility index (Phi) is 5.71. The number of non-ortho nitro benzene ring substituents is 1. The number of anilines is 1. The van der Waals surface area contributed by atoms with Gasteiger partial charge in [0.05, 0.1) is 21.2 Å². The average Bonchev–Trinajstić information content (AvgIpc) is 3.22. The van der Waals surface area contributed by atoms with Crippen LogP contribution in [0.25, 0.3) is 5.69 Å². The maximum atomic E-state index is 12.1. The fraction of sp³-hybridized carbons (Fsp3) is 0.0526. The highest BCUT2D eigenvalue weighted by atomic mass is 35.5. The molecule has 0 fully saturated rings. The number of hydrogen-bond acceptors (Lipinski definition) is 5. The summed E-state index contributed by atoms with van der Waals surface area (Å²) in [6.45, 7) is -0.558. The molecule has 0 aliphatic heterocycles. The number of halogens is 1. The zero-order chi connectivity index (χ0) is 20.1. The molecule has 28 heavy (non-hydrogen) atoms. The van der Waals surface area contributed by atoms with Crippen LogP contribution in [0.2, 0.25) is 5.02 Å². The highest BCUT2D eigenvalue weighted by Gasteiger charge is 2.14. The molecule has 8 nitrogen and oxygen atoms in total. The number of nitrogens with one attached hydrogen (secondary N) is 1. The van der Waals surface area contributed by atoms with Crippen molar-refractivity contribution in [2.24, 2.45) is 0 Å². The van der Waals surface area contributed by atoms with E-state index in [1.807, 2.05) is 29.1 Å². The molecule has 1 N–H and O–H groups in total. The fourth-order valence-corrected chi connectivity index (χ4v) is 2.56. The summed E-state index contributed by atoms with van der Waals surface area (Å²) in [4.78, 5) is 34.2. The number of carbonyl (C=O) groups is 2. The van der Waals surface area contributed by atoms with Gasteiger partial charge >= 0.3 is 5.97 Å². The molecule has 0 spiro atoms. The van der Waals surface area contributed by atoms with Crippen molar-refractivity contribution in [3.05, 3.63) is 87.7 Å². The first-order chi connectivity index (χ1) is 13.4. The summed E-state index contributed by atoms with van der Waals surface area (Å²) in [6.07, 6.45) is 3.74. The number of rotatable bonds is 6. The molecule has 1 aromatic heterocycles. The van der Waals surface area contributed by atoms with Crippen molar-refractivity contribution in [1.82, 2.24) is 4.57 Å². The monoisotopic (exact) mass is 399 g/mol. The first kappa shape index (κ1) is 19.1. The minimum absolute atomic E-state index is 0.0630. The topological polar surface area (TPSA) is 103 Å². The lowest BCUT2D eigenvalue weighted by atomic mass is 10.2. The van der Waals surface area contributed by atoms with Gasteiger partial charge in [-0.3, -0.25) is 14.9 Å². The van der Waals surface area contributed by atoms with Gasteiger partial charge in [0.2, 0.25) is 0 Å². The Hall–Kier alpha value is -3.65. The van der Waals surface area contributed by atoms with Gasteiger partial charge in [0.15, 0.2) is 6.61 Å². The molecule has 0 bridgehead atoms. The van der Waals surface area contributed by atoms with Crippen LogP contribution in [0.3, 0.4) is 0 Å². The minimum atomic E-state index is -0.667. The van der Waals surface area contributed by atoms with Crippen LogP contribution in [-0.4, -0.2) is 28.0 Å². The summed E-state index contributed by atoms with van der Waals surface area (Å²) in [5, 5.41) is 13.3. The Labute approximate surface area is 164 Å². The molecular formula is C19H14ClN3O5. The van der Waals surface area contributed by atoms with E-state index >= 15 is 0 Å². The first-order valence-electron chi connectivity index (χ1n) is 8.08. The van der Waals surface area contributed by atoms with Crippen LogP contribution < -0.4 is 5.32 Å². The lowest BCUT2D eigenvalue weighted by molar-refractivity contribution is -0.384. The summed E-state index contributed by atoms with van der Waals surface area (Å²) < 4.78 is 6.86. The Morgan fingerprint density at radius 2 is 1.79 bits per heavy atom. The molecule has 0 aliphatic rings. The largest absolute Gasteiger partial charge is 0.452 e. The van der Waals surface area contributed by atoms with Crippen molar-refractivity contribution in [1.29, 1.82) is 0 Å². The normalized spacial score (nSPS) is 10.3. The van der Waals surface area contributed by atoms with Crippen molar-refractivity contribution >= 4 is 34.9 Å². The summed E-state index contributed by atoms with van der Waals surface area (Å²) in [5.41, 5.74) is 1.00. The summed E-state index contributed by atoms with van der Waals surface area (Å²) in [6, 6.07) is 14.1. The first-order valence-corrected chi connectivity index (χ1v) is 8.46. The SMILES string of the molecule is O=C(COC(=O)c1ccc(-n2cccc2)cc1)Nc1cc([N+](=O)[O-])ccc1Cl. The number of nitro benzene ring substituents is 1. The number of aromatic nitrogens is 1. The van der Waals surface area contributed by atoms with E-state index in [-0.39, 0.29) is 22.0 Å². The molecule has 3 aromatic rings. The second kappa shape index (κ2) is 8.36. The number of nitrogens with zero attached hydrogens (tertiary/aromatic N) is 2. The van der Waals surface area contributed by atoms with Gasteiger partial charge in [0, 0.05) is 30.2 Å². The molecular weight excluding hydrogens is 386 g/mol. The standard InChI is InChI=1S/C19H14ClN3O5/c20-16-8-7-15(23(26)27)11-17(16)21-18(24)12-28-19(25)13-3-5-14(6-4-13)22-9-1-2-10-22/h1-11H,12H2,(H,21,24). The Balaban J connectivity index is 1.58. The summed E-state index contributed by atoms with van der Waals surface area (Å²) in [5.74, 6) is -1.33. The van der Waals surface area contributed by atoms with Gasteiger partial charge in [0.25, 0.3) is 11.6 Å². The number of hydrogen-bond donors (Lipinski definition) is 1. The van der Waals surface area contributed by atoms with Gasteiger partial charge in [-0.15, -0.1) is 0 Å². The summed E-state index contributed by atoms with van der Waals surface area (Å²) in [7, 11) is 0. The van der Waals surface area contributed by atoms with Crippen molar-refractivity contribution < 1.29 is 19.2 Å². The highest BCUT2D eigenvalue weighted by molar-refractivity contribution is 6.33. The lowest BCUT2D eigenvalue weighted by Crippen LogP contribution is -2.21. The number of nitro groups is 1. The van der Waals surface area contributed by atoms with Crippen LogP contribution in [0.5, 0.6) is 0 Å². The van der Waals surface area contributed by atoms with Gasteiger partial charge in [-0.1, -0.05) is 11.6 Å². The average molecular weight is 400 g/mol. The number of amides is 1. The van der Waals surface area contributed by atoms with Crippen LogP contribution >= 0.6 is 11.6 Å². The molecule has 1 amide bonds. The van der Waals surface area contributed by atoms with Gasteiger partial charge in [0.1, 0.15) is 0 Å². The highest BCUT2D eigenvalue weighted by Crippen LogP contribution is 2.26. The molecule has 0 saturated carbocycles. The molecule has 142 valence electrons. The molecule has 0 atom stereocenters.